The van der Waals surface area contributed by atoms with Crippen LogP contribution in [0, 0.1) is 5.92 Å². The van der Waals surface area contributed by atoms with Gasteiger partial charge in [0.1, 0.15) is 0 Å². The van der Waals surface area contributed by atoms with Gasteiger partial charge in [-0.2, -0.15) is 0 Å². The van der Waals surface area contributed by atoms with Crippen LogP contribution < -0.4 is 5.32 Å². The number of hydrogen-bond acceptors (Lipinski definition) is 4. The first kappa shape index (κ1) is 20.0. The summed E-state index contributed by atoms with van der Waals surface area (Å²) in [5.41, 5.74) is 2.96. The molecule has 5 nitrogen and oxygen atoms in total. The fraction of sp³-hybridized carbons (Fsp3) is 0.636. The third kappa shape index (κ3) is 5.63. The van der Waals surface area contributed by atoms with Crippen LogP contribution in [0.15, 0.2) is 18.2 Å². The van der Waals surface area contributed by atoms with Gasteiger partial charge in [0.05, 0.1) is 5.92 Å². The van der Waals surface area contributed by atoms with Crippen molar-refractivity contribution in [3.05, 3.63) is 34.9 Å². The molecule has 1 heterocycles. The van der Waals surface area contributed by atoms with E-state index in [0.717, 1.165) is 68.3 Å². The quantitative estimate of drug-likeness (QED) is 0.535. The molecular formula is C22H32N2O3. The Kier molecular flexibility index (Phi) is 7.02. The van der Waals surface area contributed by atoms with E-state index in [2.05, 4.69) is 16.3 Å². The van der Waals surface area contributed by atoms with Crippen molar-refractivity contribution in [3.63, 3.8) is 0 Å². The summed E-state index contributed by atoms with van der Waals surface area (Å²) in [6.45, 7) is 4.73. The number of benzene rings is 1. The van der Waals surface area contributed by atoms with Gasteiger partial charge in [-0.15, -0.1) is 0 Å². The predicted molar refractivity (Wildman–Crippen MR) is 106 cm³/mol. The zero-order valence-electron chi connectivity index (χ0n) is 16.6. The van der Waals surface area contributed by atoms with Gasteiger partial charge in [0.2, 0.25) is 5.91 Å². The Balaban J connectivity index is 1.76. The van der Waals surface area contributed by atoms with Gasteiger partial charge >= 0.3 is 0 Å². The van der Waals surface area contributed by atoms with Crippen molar-refractivity contribution < 1.29 is 14.3 Å². The molecule has 27 heavy (non-hydrogen) atoms. The number of methoxy groups -OCH3 is 1. The highest BCUT2D eigenvalue weighted by Crippen LogP contribution is 2.31. The maximum absolute atomic E-state index is 13.1. The Hall–Kier alpha value is -1.72. The van der Waals surface area contributed by atoms with Crippen molar-refractivity contribution in [2.24, 2.45) is 5.92 Å². The van der Waals surface area contributed by atoms with Crippen molar-refractivity contribution in [1.82, 2.24) is 10.2 Å². The minimum absolute atomic E-state index is 0.0746. The molecule has 1 saturated carbocycles. The molecule has 1 amide bonds. The largest absolute Gasteiger partial charge is 0.385 e. The number of nitrogens with zero attached hydrogens (tertiary/aromatic N) is 1. The molecule has 0 aromatic heterocycles. The van der Waals surface area contributed by atoms with Gasteiger partial charge < -0.3 is 15.0 Å². The van der Waals surface area contributed by atoms with E-state index in [-0.39, 0.29) is 17.6 Å². The molecule has 0 spiro atoms. The number of aryl methyl sites for hydroxylation is 1. The molecule has 3 rings (SSSR count). The molecule has 1 aliphatic heterocycles. The van der Waals surface area contributed by atoms with Crippen LogP contribution in [0.1, 0.15) is 60.5 Å². The first-order valence-corrected chi connectivity index (χ1v) is 10.2. The second-order valence-electron chi connectivity index (χ2n) is 7.93. The molecule has 2 aliphatic rings. The number of amides is 1. The molecule has 0 bridgehead atoms. The van der Waals surface area contributed by atoms with Crippen LogP contribution in [0.3, 0.4) is 0 Å². The van der Waals surface area contributed by atoms with Crippen LogP contribution in [0.4, 0.5) is 0 Å². The lowest BCUT2D eigenvalue weighted by atomic mass is 9.97. The van der Waals surface area contributed by atoms with Gasteiger partial charge in [-0.25, -0.2) is 0 Å². The SMILES string of the molecule is COCCCc1cc(CN(C(=O)[C@@H]2CCCNC2)C2CC2)cc(C(C)=O)c1. The average molecular weight is 373 g/mol. The number of ketones is 1. The third-order valence-corrected chi connectivity index (χ3v) is 5.54. The number of rotatable bonds is 9. The minimum Gasteiger partial charge on any atom is -0.385 e. The third-order valence-electron chi connectivity index (χ3n) is 5.54. The number of hydrogen-bond donors (Lipinski definition) is 1. The van der Waals surface area contributed by atoms with Gasteiger partial charge in [-0.05, 0) is 75.3 Å². The summed E-state index contributed by atoms with van der Waals surface area (Å²) in [6.07, 6.45) is 6.04. The number of Topliss-reactive ketones (excluding diaryl/α,β-unsaturated/α-hetero) is 1. The van der Waals surface area contributed by atoms with E-state index in [4.69, 9.17) is 4.74 Å². The zero-order valence-corrected chi connectivity index (χ0v) is 16.6. The maximum atomic E-state index is 13.1. The average Bonchev–Trinajstić information content (AvgIpc) is 3.51. The summed E-state index contributed by atoms with van der Waals surface area (Å²) >= 11 is 0. The van der Waals surface area contributed by atoms with Crippen molar-refractivity contribution in [2.75, 3.05) is 26.8 Å². The minimum atomic E-state index is 0.0746. The molecule has 1 N–H and O–H groups in total. The van der Waals surface area contributed by atoms with E-state index in [9.17, 15) is 9.59 Å². The number of ether oxygens (including phenoxy) is 1. The molecule has 148 valence electrons. The first-order chi connectivity index (χ1) is 13.1. The first-order valence-electron chi connectivity index (χ1n) is 10.2. The summed E-state index contributed by atoms with van der Waals surface area (Å²) in [4.78, 5) is 27.1. The lowest BCUT2D eigenvalue weighted by Gasteiger charge is -2.30. The number of carbonyl (C=O) groups is 2. The van der Waals surface area contributed by atoms with E-state index >= 15 is 0 Å². The molecule has 1 aliphatic carbocycles. The van der Waals surface area contributed by atoms with Crippen LogP contribution in [0.2, 0.25) is 0 Å². The van der Waals surface area contributed by atoms with Gasteiger partial charge in [0, 0.05) is 38.4 Å². The maximum Gasteiger partial charge on any atom is 0.227 e. The zero-order chi connectivity index (χ0) is 19.2. The van der Waals surface area contributed by atoms with Gasteiger partial charge in [0.25, 0.3) is 0 Å². The Morgan fingerprint density at radius 2 is 1.96 bits per heavy atom. The highest BCUT2D eigenvalue weighted by Gasteiger charge is 2.36. The van der Waals surface area contributed by atoms with Gasteiger partial charge in [0.15, 0.2) is 5.78 Å². The highest BCUT2D eigenvalue weighted by molar-refractivity contribution is 5.94. The molecule has 5 heteroatoms. The standard InChI is InChI=1S/C22H32N2O3/c1-16(25)20-12-17(5-4-10-27-2)11-18(13-20)15-24(21-7-8-21)22(26)19-6-3-9-23-14-19/h11-13,19,21,23H,3-10,14-15H2,1-2H3/t19-/m1/s1. The summed E-state index contributed by atoms with van der Waals surface area (Å²) in [5.74, 6) is 0.445. The molecular weight excluding hydrogens is 340 g/mol. The Morgan fingerprint density at radius 3 is 2.59 bits per heavy atom. The second-order valence-corrected chi connectivity index (χ2v) is 7.93. The normalized spacial score (nSPS) is 19.7. The topological polar surface area (TPSA) is 58.6 Å². The van der Waals surface area contributed by atoms with E-state index in [1.807, 2.05) is 12.1 Å². The fourth-order valence-corrected chi connectivity index (χ4v) is 3.89. The van der Waals surface area contributed by atoms with Crippen LogP contribution in [0.5, 0.6) is 0 Å². The number of piperidine rings is 1. The Bertz CT molecular complexity index is 664. The van der Waals surface area contributed by atoms with Crippen molar-refractivity contribution in [3.8, 4) is 0 Å². The highest BCUT2D eigenvalue weighted by atomic mass is 16.5. The van der Waals surface area contributed by atoms with Crippen LogP contribution >= 0.6 is 0 Å². The number of nitrogens with one attached hydrogen (secondary N) is 1. The second kappa shape index (κ2) is 9.47. The van der Waals surface area contributed by atoms with Crippen LogP contribution in [-0.4, -0.2) is 49.4 Å². The molecule has 2 fully saturated rings. The number of carbonyl (C=O) groups excluding carboxylic acids is 2. The lowest BCUT2D eigenvalue weighted by Crippen LogP contribution is -2.43. The molecule has 1 atom stereocenters. The monoisotopic (exact) mass is 372 g/mol. The van der Waals surface area contributed by atoms with E-state index in [1.165, 1.54) is 0 Å². The van der Waals surface area contributed by atoms with E-state index in [1.54, 1.807) is 14.0 Å². The summed E-state index contributed by atoms with van der Waals surface area (Å²) in [5, 5.41) is 3.35. The fourth-order valence-electron chi connectivity index (χ4n) is 3.89. The molecule has 1 aromatic carbocycles. The van der Waals surface area contributed by atoms with Crippen molar-refractivity contribution in [2.45, 2.75) is 58.0 Å². The summed E-state index contributed by atoms with van der Waals surface area (Å²) in [6, 6.07) is 6.47. The Labute approximate surface area is 162 Å². The smallest absolute Gasteiger partial charge is 0.227 e. The lowest BCUT2D eigenvalue weighted by molar-refractivity contribution is -0.137. The molecule has 0 radical (unpaired) electrons. The van der Waals surface area contributed by atoms with Gasteiger partial charge in [-0.3, -0.25) is 9.59 Å². The van der Waals surface area contributed by atoms with Gasteiger partial charge in [-0.1, -0.05) is 6.07 Å². The van der Waals surface area contributed by atoms with Crippen molar-refractivity contribution in [1.29, 1.82) is 0 Å². The predicted octanol–water partition coefficient (Wildman–Crippen LogP) is 2.96. The van der Waals surface area contributed by atoms with Crippen LogP contribution in [0.25, 0.3) is 0 Å². The molecule has 0 unspecified atom stereocenters. The van der Waals surface area contributed by atoms with E-state index < -0.39 is 0 Å². The Morgan fingerprint density at radius 1 is 1.19 bits per heavy atom. The van der Waals surface area contributed by atoms with Crippen molar-refractivity contribution >= 4 is 11.7 Å². The summed E-state index contributed by atoms with van der Waals surface area (Å²) < 4.78 is 5.15. The molecule has 1 aromatic rings. The summed E-state index contributed by atoms with van der Waals surface area (Å²) in [7, 11) is 1.71. The van der Waals surface area contributed by atoms with Crippen LogP contribution in [-0.2, 0) is 22.5 Å². The van der Waals surface area contributed by atoms with E-state index in [0.29, 0.717) is 19.2 Å². The molecule has 1 saturated heterocycles.